The van der Waals surface area contributed by atoms with Crippen LogP contribution in [0.15, 0.2) is 42.5 Å². The summed E-state index contributed by atoms with van der Waals surface area (Å²) in [5.74, 6) is 1.21. The maximum absolute atomic E-state index is 13.4. The standard InChI is InChI=1S/C59H111N7O4.5ClH/c1-3-5-7-9-11-13-15-17-19-21-23-25-27-29-31-33-51-69-56-41-40-54(53-57(56)70-52-34-32-30-28-26-24-22-20-18-16-14-12-10-8-6-4-2)58(67)64-46-47-65-59(68)55(63-45-36-42-60)39-35-48-66(49-37-43-61)50-38-44-62;;;;;/h17-20,40-41,53,55,63H,3-16,21-39,42-52,60-62H2,1-2H3,(H,64,67)(H,65,68);5*1H/b19-17-,20-18-;;;;;/t55-;;;;;/m0...../s1. The van der Waals surface area contributed by atoms with Crippen molar-refractivity contribution in [2.24, 2.45) is 0 Å². The van der Waals surface area contributed by atoms with E-state index in [1.54, 1.807) is 4.90 Å². The van der Waals surface area contributed by atoms with Gasteiger partial charge in [0.05, 0.1) is 59.0 Å². The fourth-order valence-electron chi connectivity index (χ4n) is 9.06. The second-order valence-corrected chi connectivity index (χ2v) is 20.2. The van der Waals surface area contributed by atoms with Gasteiger partial charge in [-0.05, 0) is 82.4 Å². The first kappa shape index (κ1) is 82.3. The van der Waals surface area contributed by atoms with Crippen LogP contribution in [0.1, 0.15) is 236 Å². The molecule has 1 atom stereocenters. The Morgan fingerprint density at radius 1 is 0.507 bits per heavy atom. The summed E-state index contributed by atoms with van der Waals surface area (Å²) in [6.07, 6.45) is 50.3. The molecule has 11 nitrogen and oxygen atoms in total. The molecule has 0 radical (unpaired) electrons. The third kappa shape index (κ3) is 51.7. The zero-order valence-electron chi connectivity index (χ0n) is 48.0. The van der Waals surface area contributed by atoms with E-state index in [9.17, 15) is 9.59 Å². The van der Waals surface area contributed by atoms with Gasteiger partial charge in [0.1, 0.15) is 0 Å². The summed E-state index contributed by atoms with van der Waals surface area (Å²) in [5, 5.41) is 8.31. The minimum Gasteiger partial charge on any atom is -1.00 e. The van der Waals surface area contributed by atoms with E-state index in [0.29, 0.717) is 43.4 Å². The number of nitrogens with one attached hydrogen (secondary N) is 3. The highest BCUT2D eigenvalue weighted by Crippen LogP contribution is 2.29. The number of rotatable bonds is 53. The van der Waals surface area contributed by atoms with Crippen LogP contribution in [0, 0.1) is 0 Å². The maximum Gasteiger partial charge on any atom is 0.278 e. The van der Waals surface area contributed by atoms with E-state index < -0.39 is 0 Å². The molecule has 2 amide bonds. The number of amides is 2. The van der Waals surface area contributed by atoms with Gasteiger partial charge >= 0.3 is 0 Å². The van der Waals surface area contributed by atoms with Crippen LogP contribution in [-0.2, 0) is 4.79 Å². The minimum atomic E-state index is -0.178. The van der Waals surface area contributed by atoms with Crippen molar-refractivity contribution in [2.45, 2.75) is 232 Å². The summed E-state index contributed by atoms with van der Waals surface area (Å²) in [6, 6.07) is 5.41. The first-order chi connectivity index (χ1) is 34.5. The highest BCUT2D eigenvalue weighted by atomic mass is 35.5. The number of unbranched alkanes of at least 4 members (excludes halogenated alkanes) is 24. The summed E-state index contributed by atoms with van der Waals surface area (Å²) < 4.78 is 12.6. The van der Waals surface area contributed by atoms with Crippen LogP contribution in [0.25, 0.3) is 0 Å². The normalized spacial score (nSPS) is 11.3. The smallest absolute Gasteiger partial charge is 0.278 e. The Labute approximate surface area is 491 Å². The third-order valence-electron chi connectivity index (χ3n) is 13.6. The number of benzene rings is 1. The molecule has 0 spiro atoms. The van der Waals surface area contributed by atoms with Gasteiger partial charge in [-0.15, -0.1) is 0 Å². The number of hydrogen-bond donors (Lipinski definition) is 7. The molecule has 14 N–H and O–H groups in total. The highest BCUT2D eigenvalue weighted by Gasteiger charge is 2.22. The Morgan fingerprint density at radius 2 is 0.907 bits per heavy atom. The molecule has 446 valence electrons. The van der Waals surface area contributed by atoms with E-state index in [1.807, 2.05) is 18.2 Å². The maximum atomic E-state index is 13.4. The van der Waals surface area contributed by atoms with Crippen molar-refractivity contribution in [3.63, 3.8) is 0 Å². The van der Waals surface area contributed by atoms with Gasteiger partial charge in [-0.25, -0.2) is 0 Å². The molecule has 0 aliphatic rings. The first-order valence-electron chi connectivity index (χ1n) is 29.8. The van der Waals surface area contributed by atoms with Gasteiger partial charge in [0, 0.05) is 50.8 Å². The number of carbonyl (C=O) groups is 2. The van der Waals surface area contributed by atoms with Crippen molar-refractivity contribution in [2.75, 3.05) is 72.1 Å². The third-order valence-corrected chi connectivity index (χ3v) is 13.6. The van der Waals surface area contributed by atoms with Crippen LogP contribution < -0.4 is 110 Å². The van der Waals surface area contributed by atoms with Crippen LogP contribution in [0.4, 0.5) is 0 Å². The van der Waals surface area contributed by atoms with Crippen LogP contribution in [-0.4, -0.2) is 90.0 Å². The molecule has 0 aliphatic heterocycles. The number of quaternary nitrogens is 5. The number of allylic oxidation sites excluding steroid dienone is 4. The van der Waals surface area contributed by atoms with Crippen LogP contribution >= 0.6 is 0 Å². The van der Waals surface area contributed by atoms with Gasteiger partial charge in [0.25, 0.3) is 11.8 Å². The molecule has 0 fully saturated rings. The Bertz CT molecular complexity index is 1400. The lowest BCUT2D eigenvalue weighted by molar-refractivity contribution is -0.902. The molecule has 75 heavy (non-hydrogen) atoms. The van der Waals surface area contributed by atoms with E-state index in [-0.39, 0.29) is 79.9 Å². The molecule has 0 aliphatic carbocycles. The number of nitrogens with two attached hydrogens (primary N) is 1. The van der Waals surface area contributed by atoms with E-state index >= 15 is 0 Å². The van der Waals surface area contributed by atoms with Crippen molar-refractivity contribution in [1.82, 2.24) is 10.6 Å². The quantitative estimate of drug-likeness (QED) is 0.0254. The second kappa shape index (κ2) is 65.0. The predicted octanol–water partition coefficient (Wildman–Crippen LogP) is -7.12. The summed E-state index contributed by atoms with van der Waals surface area (Å²) in [5.41, 5.74) is 12.6. The average Bonchev–Trinajstić information content (AvgIpc) is 3.37. The molecule has 16 heteroatoms. The van der Waals surface area contributed by atoms with Crippen LogP contribution in [0.3, 0.4) is 0 Å². The van der Waals surface area contributed by atoms with Gasteiger partial charge in [0.15, 0.2) is 17.5 Å². The van der Waals surface area contributed by atoms with Gasteiger partial charge in [-0.3, -0.25) is 9.59 Å². The van der Waals surface area contributed by atoms with Crippen molar-refractivity contribution in [1.29, 1.82) is 0 Å². The van der Waals surface area contributed by atoms with E-state index in [0.717, 1.165) is 104 Å². The molecule has 1 rings (SSSR count). The van der Waals surface area contributed by atoms with E-state index in [2.05, 4.69) is 71.3 Å². The molecule has 0 saturated carbocycles. The topological polar surface area (TPSA) is 181 Å². The zero-order valence-corrected chi connectivity index (χ0v) is 51.7. The lowest BCUT2D eigenvalue weighted by atomic mass is 10.1. The summed E-state index contributed by atoms with van der Waals surface area (Å²) in [7, 11) is 0. The lowest BCUT2D eigenvalue weighted by Crippen LogP contribution is -3.12. The Hall–Kier alpha value is -1.51. The van der Waals surface area contributed by atoms with Gasteiger partial charge in [-0.1, -0.05) is 154 Å². The van der Waals surface area contributed by atoms with Gasteiger partial charge in [-0.2, -0.15) is 0 Å². The number of carbonyl (C=O) groups excluding carboxylic acids is 2. The molecule has 0 bridgehead atoms. The molecule has 0 unspecified atom stereocenters. The molecular weight excluding hydrogens is 1050 g/mol. The largest absolute Gasteiger partial charge is 1.00 e. The number of ether oxygens (including phenoxy) is 2. The SMILES string of the molecule is CCCCCCCC/C=C\CCCCCCCCOc1ccc(C(=O)NCCNC(=O)[C@H](CCC[NH+](CCC[NH3+])CCC[NH3+])[NH2+]CCC[NH3+])cc1OCCCCCCCC/C=C\CCCCCCCC.[Cl-].[Cl-].[Cl-].[Cl-].[Cl-]. The van der Waals surface area contributed by atoms with Crippen LogP contribution in [0.2, 0.25) is 0 Å². The Kier molecular flexibility index (Phi) is 71.4. The number of hydrogen-bond acceptors (Lipinski definition) is 4. The van der Waals surface area contributed by atoms with Crippen LogP contribution in [0.5, 0.6) is 11.5 Å². The monoisotopic (exact) mass is 1160 g/mol. The van der Waals surface area contributed by atoms with E-state index in [1.165, 1.54) is 154 Å². The molecule has 0 saturated heterocycles. The summed E-state index contributed by atoms with van der Waals surface area (Å²) in [6.45, 7) is 13.5. The summed E-state index contributed by atoms with van der Waals surface area (Å²) in [4.78, 5) is 28.4. The highest BCUT2D eigenvalue weighted by molar-refractivity contribution is 5.95. The molecule has 1 aromatic carbocycles. The zero-order chi connectivity index (χ0) is 50.6. The van der Waals surface area contributed by atoms with Crippen molar-refractivity contribution in [3.8, 4) is 11.5 Å². The van der Waals surface area contributed by atoms with Crippen molar-refractivity contribution >= 4 is 11.8 Å². The Balaban J connectivity index is -0.00000327. The minimum absolute atomic E-state index is 0. The fourth-order valence-corrected chi connectivity index (χ4v) is 9.06. The fraction of sp³-hybridized carbons (Fsp3) is 0.797. The van der Waals surface area contributed by atoms with Crippen molar-refractivity contribution in [3.05, 3.63) is 48.1 Å². The van der Waals surface area contributed by atoms with Crippen molar-refractivity contribution < 1.29 is 109 Å². The molecule has 0 aromatic heterocycles. The molecule has 0 heterocycles. The van der Waals surface area contributed by atoms with Gasteiger partial charge in [0.2, 0.25) is 0 Å². The summed E-state index contributed by atoms with van der Waals surface area (Å²) >= 11 is 0. The average molecular weight is 1160 g/mol. The second-order valence-electron chi connectivity index (χ2n) is 20.2. The molecule has 1 aromatic rings. The number of halogens is 5. The van der Waals surface area contributed by atoms with Gasteiger partial charge < -0.3 is 110 Å². The Morgan fingerprint density at radius 3 is 1.36 bits per heavy atom. The lowest BCUT2D eigenvalue weighted by Gasteiger charge is -2.20. The first-order valence-corrected chi connectivity index (χ1v) is 29.8. The predicted molar refractivity (Wildman–Crippen MR) is 294 cm³/mol. The molecular formula is C59H116Cl5N7O4. The van der Waals surface area contributed by atoms with E-state index in [4.69, 9.17) is 9.47 Å².